The number of thiocarbonyl (C=S) groups is 1. The molecule has 0 radical (unpaired) electrons. The van der Waals surface area contributed by atoms with Crippen molar-refractivity contribution in [1.82, 2.24) is 0 Å². The lowest BCUT2D eigenvalue weighted by atomic mass is 10.1. The van der Waals surface area contributed by atoms with Crippen LogP contribution in [0.2, 0.25) is 5.02 Å². The van der Waals surface area contributed by atoms with Crippen molar-refractivity contribution < 1.29 is 9.53 Å². The summed E-state index contributed by atoms with van der Waals surface area (Å²) in [5, 5.41) is 0.0707. The molecule has 0 heterocycles. The van der Waals surface area contributed by atoms with E-state index in [1.165, 1.54) is 0 Å². The summed E-state index contributed by atoms with van der Waals surface area (Å²) in [4.78, 5) is 11.8. The second-order valence-electron chi connectivity index (χ2n) is 3.12. The number of nitrogens with two attached hydrogens (primary N) is 1. The summed E-state index contributed by atoms with van der Waals surface area (Å²) in [5.41, 5.74) is 6.22. The van der Waals surface area contributed by atoms with E-state index < -0.39 is 5.25 Å². The van der Waals surface area contributed by atoms with Crippen molar-refractivity contribution in [3.8, 4) is 0 Å². The first-order valence-electron chi connectivity index (χ1n) is 4.92. The number of hydrogen-bond acceptors (Lipinski definition) is 4. The quantitative estimate of drug-likeness (QED) is 0.682. The molecule has 17 heavy (non-hydrogen) atoms. The monoisotopic (exact) mass is 289 g/mol. The van der Waals surface area contributed by atoms with E-state index >= 15 is 0 Å². The van der Waals surface area contributed by atoms with Gasteiger partial charge in [0.05, 0.1) is 6.61 Å². The van der Waals surface area contributed by atoms with Crippen LogP contribution in [-0.4, -0.2) is 16.9 Å². The third-order valence-electron chi connectivity index (χ3n) is 1.91. The van der Waals surface area contributed by atoms with Crippen molar-refractivity contribution in [1.29, 1.82) is 0 Å². The van der Waals surface area contributed by atoms with Crippen molar-refractivity contribution in [3.05, 3.63) is 34.9 Å². The molecule has 92 valence electrons. The highest BCUT2D eigenvalue weighted by Gasteiger charge is 2.23. The van der Waals surface area contributed by atoms with Crippen LogP contribution < -0.4 is 5.73 Å². The van der Waals surface area contributed by atoms with Gasteiger partial charge in [0.15, 0.2) is 0 Å². The first-order valence-corrected chi connectivity index (χ1v) is 6.59. The van der Waals surface area contributed by atoms with Crippen molar-refractivity contribution in [3.63, 3.8) is 0 Å². The van der Waals surface area contributed by atoms with Crippen LogP contribution in [0, 0.1) is 0 Å². The van der Waals surface area contributed by atoms with Crippen LogP contribution in [0.3, 0.4) is 0 Å². The Kier molecular flexibility index (Phi) is 5.74. The molecule has 1 rings (SSSR count). The van der Waals surface area contributed by atoms with E-state index in [0.29, 0.717) is 11.6 Å². The molecule has 0 aliphatic carbocycles. The molecule has 0 aliphatic heterocycles. The molecule has 3 nitrogen and oxygen atoms in total. The van der Waals surface area contributed by atoms with Crippen molar-refractivity contribution in [2.45, 2.75) is 12.2 Å². The normalized spacial score (nSPS) is 11.9. The molecule has 0 aromatic heterocycles. The fraction of sp³-hybridized carbons (Fsp3) is 0.273. The Bertz CT molecular complexity index is 408. The molecular weight excluding hydrogens is 278 g/mol. The Hall–Kier alpha value is -0.780. The summed E-state index contributed by atoms with van der Waals surface area (Å²) in [7, 11) is 0. The third-order valence-corrected chi connectivity index (χ3v) is 3.38. The largest absolute Gasteiger partial charge is 0.465 e. The van der Waals surface area contributed by atoms with E-state index in [0.717, 1.165) is 17.3 Å². The maximum Gasteiger partial charge on any atom is 0.324 e. The highest BCUT2D eigenvalue weighted by Crippen LogP contribution is 2.31. The van der Waals surface area contributed by atoms with E-state index in [1.54, 1.807) is 31.2 Å². The van der Waals surface area contributed by atoms with E-state index in [2.05, 4.69) is 0 Å². The zero-order valence-electron chi connectivity index (χ0n) is 9.18. The molecule has 1 aromatic rings. The van der Waals surface area contributed by atoms with Gasteiger partial charge in [0, 0.05) is 5.02 Å². The van der Waals surface area contributed by atoms with Gasteiger partial charge in [0.2, 0.25) is 0 Å². The maximum absolute atomic E-state index is 11.8. The Labute approximate surface area is 115 Å². The summed E-state index contributed by atoms with van der Waals surface area (Å²) in [6, 6.07) is 6.94. The number of thioether (sulfide) groups is 1. The van der Waals surface area contributed by atoms with E-state index in [1.807, 2.05) is 0 Å². The molecule has 0 aliphatic rings. The molecule has 2 N–H and O–H groups in total. The number of halogens is 1. The number of benzene rings is 1. The molecule has 0 fully saturated rings. The second kappa shape index (κ2) is 6.83. The molecule has 6 heteroatoms. The Morgan fingerprint density at radius 3 is 2.59 bits per heavy atom. The number of hydrogen-bond donors (Lipinski definition) is 1. The van der Waals surface area contributed by atoms with Crippen LogP contribution >= 0.6 is 35.6 Å². The average Bonchev–Trinajstić information content (AvgIpc) is 2.27. The zero-order valence-corrected chi connectivity index (χ0v) is 11.6. The van der Waals surface area contributed by atoms with Crippen LogP contribution in [0.5, 0.6) is 0 Å². The molecule has 1 atom stereocenters. The van der Waals surface area contributed by atoms with Gasteiger partial charge in [-0.1, -0.05) is 47.7 Å². The van der Waals surface area contributed by atoms with Crippen LogP contribution in [0.4, 0.5) is 0 Å². The third kappa shape index (κ3) is 4.53. The Morgan fingerprint density at radius 1 is 1.53 bits per heavy atom. The highest BCUT2D eigenvalue weighted by atomic mass is 35.5. The van der Waals surface area contributed by atoms with E-state index in [4.69, 9.17) is 34.3 Å². The zero-order chi connectivity index (χ0) is 12.8. The van der Waals surface area contributed by atoms with Gasteiger partial charge < -0.3 is 10.5 Å². The molecule has 0 amide bonds. The van der Waals surface area contributed by atoms with Crippen LogP contribution in [0.1, 0.15) is 17.7 Å². The molecular formula is C11H12ClNO2S2. The van der Waals surface area contributed by atoms with Gasteiger partial charge in [-0.3, -0.25) is 4.79 Å². The predicted octanol–water partition coefficient (Wildman–Crippen LogP) is 2.92. The standard InChI is InChI=1S/C11H12ClNO2S2/c1-2-15-10(14)9(17-11(13)16)7-3-5-8(12)6-4-7/h3-6,9H,2H2,1H3,(H2,13,16). The van der Waals surface area contributed by atoms with E-state index in [9.17, 15) is 4.79 Å². The number of carbonyl (C=O) groups excluding carboxylic acids is 1. The summed E-state index contributed by atoms with van der Waals surface area (Å²) in [6.45, 7) is 2.07. The van der Waals surface area contributed by atoms with Crippen LogP contribution in [-0.2, 0) is 9.53 Å². The molecule has 0 spiro atoms. The van der Waals surface area contributed by atoms with Gasteiger partial charge in [-0.2, -0.15) is 0 Å². The van der Waals surface area contributed by atoms with Gasteiger partial charge in [-0.25, -0.2) is 0 Å². The predicted molar refractivity (Wildman–Crippen MR) is 75.2 cm³/mol. The average molecular weight is 290 g/mol. The van der Waals surface area contributed by atoms with E-state index in [-0.39, 0.29) is 10.3 Å². The molecule has 0 saturated carbocycles. The summed E-state index contributed by atoms with van der Waals surface area (Å²) >= 11 is 11.7. The highest BCUT2D eigenvalue weighted by molar-refractivity contribution is 8.23. The lowest BCUT2D eigenvalue weighted by molar-refractivity contribution is -0.142. The lowest BCUT2D eigenvalue weighted by Crippen LogP contribution is -2.17. The minimum absolute atomic E-state index is 0.206. The summed E-state index contributed by atoms with van der Waals surface area (Å²) in [6.07, 6.45) is 0. The number of carbonyl (C=O) groups is 1. The minimum atomic E-state index is -0.537. The number of esters is 1. The number of rotatable bonds is 4. The van der Waals surface area contributed by atoms with Gasteiger partial charge in [0.25, 0.3) is 0 Å². The van der Waals surface area contributed by atoms with Gasteiger partial charge in [-0.05, 0) is 24.6 Å². The van der Waals surface area contributed by atoms with Gasteiger partial charge in [0.1, 0.15) is 9.57 Å². The van der Waals surface area contributed by atoms with Crippen molar-refractivity contribution in [2.24, 2.45) is 5.73 Å². The minimum Gasteiger partial charge on any atom is -0.465 e. The van der Waals surface area contributed by atoms with Crippen molar-refractivity contribution >= 4 is 45.9 Å². The first kappa shape index (κ1) is 14.3. The fourth-order valence-electron chi connectivity index (χ4n) is 1.22. The topological polar surface area (TPSA) is 52.3 Å². The molecule has 1 unspecified atom stereocenters. The second-order valence-corrected chi connectivity index (χ2v) is 5.40. The first-order chi connectivity index (χ1) is 8.04. The van der Waals surface area contributed by atoms with Crippen LogP contribution in [0.15, 0.2) is 24.3 Å². The van der Waals surface area contributed by atoms with Gasteiger partial charge >= 0.3 is 5.97 Å². The Morgan fingerprint density at radius 2 is 2.12 bits per heavy atom. The lowest BCUT2D eigenvalue weighted by Gasteiger charge is -2.14. The fourth-order valence-corrected chi connectivity index (χ4v) is 2.33. The summed E-state index contributed by atoms with van der Waals surface area (Å²) in [5.74, 6) is -0.354. The maximum atomic E-state index is 11.8. The SMILES string of the molecule is CCOC(=O)C(SC(N)=S)c1ccc(Cl)cc1. The molecule has 0 saturated heterocycles. The van der Waals surface area contributed by atoms with Crippen molar-refractivity contribution in [2.75, 3.05) is 6.61 Å². The molecule has 1 aromatic carbocycles. The summed E-state index contributed by atoms with van der Waals surface area (Å²) < 4.78 is 5.19. The number of ether oxygens (including phenoxy) is 1. The van der Waals surface area contributed by atoms with Gasteiger partial charge in [-0.15, -0.1) is 0 Å². The van der Waals surface area contributed by atoms with Crippen LogP contribution in [0.25, 0.3) is 0 Å². The Balaban J connectivity index is 2.92. The molecule has 0 bridgehead atoms. The smallest absolute Gasteiger partial charge is 0.324 e.